The zero-order valence-electron chi connectivity index (χ0n) is 9.78. The van der Waals surface area contributed by atoms with E-state index in [9.17, 15) is 26.3 Å². The van der Waals surface area contributed by atoms with Crippen molar-refractivity contribution in [1.29, 1.82) is 0 Å². The summed E-state index contributed by atoms with van der Waals surface area (Å²) in [4.78, 5) is 0. The highest BCUT2D eigenvalue weighted by Gasteiger charge is 2.68. The third-order valence-corrected chi connectivity index (χ3v) is 4.34. The monoisotopic (exact) mass is 272 g/mol. The number of hydrogen-bond acceptors (Lipinski definition) is 0. The average Bonchev–Trinajstić information content (AvgIpc) is 2.75. The first kappa shape index (κ1) is 13.7. The van der Waals surface area contributed by atoms with Crippen molar-refractivity contribution in [3.8, 4) is 0 Å². The Morgan fingerprint density at radius 1 is 0.944 bits per heavy atom. The van der Waals surface area contributed by atoms with E-state index < -0.39 is 30.1 Å². The molecule has 0 aromatic heterocycles. The van der Waals surface area contributed by atoms with Gasteiger partial charge in [0.25, 0.3) is 0 Å². The quantitative estimate of drug-likeness (QED) is 0.504. The van der Waals surface area contributed by atoms with Gasteiger partial charge in [-0.05, 0) is 43.9 Å². The maximum Gasteiger partial charge on any atom is 0.402 e. The van der Waals surface area contributed by atoms with Crippen molar-refractivity contribution in [3.05, 3.63) is 12.2 Å². The van der Waals surface area contributed by atoms with Gasteiger partial charge in [-0.2, -0.15) is 26.3 Å². The van der Waals surface area contributed by atoms with E-state index >= 15 is 0 Å². The number of alkyl halides is 6. The highest BCUT2D eigenvalue weighted by atomic mass is 19.4. The molecule has 6 heteroatoms. The zero-order valence-corrected chi connectivity index (χ0v) is 9.78. The van der Waals surface area contributed by atoms with Crippen LogP contribution < -0.4 is 0 Å². The third-order valence-electron chi connectivity index (χ3n) is 4.34. The zero-order chi connectivity index (χ0) is 13.8. The van der Waals surface area contributed by atoms with Crippen LogP contribution in [0.3, 0.4) is 0 Å². The lowest BCUT2D eigenvalue weighted by molar-refractivity contribution is -0.339. The van der Waals surface area contributed by atoms with Gasteiger partial charge in [-0.15, -0.1) is 0 Å². The smallest absolute Gasteiger partial charge is 0.170 e. The summed E-state index contributed by atoms with van der Waals surface area (Å²) in [6, 6.07) is 0. The van der Waals surface area contributed by atoms with Gasteiger partial charge < -0.3 is 0 Å². The lowest BCUT2D eigenvalue weighted by atomic mass is 9.75. The SMILES string of the molecule is CC(CC1CC2C=CC1C2)(C(F)(F)F)C(F)(F)F. The molecule has 1 fully saturated rings. The highest BCUT2D eigenvalue weighted by Crippen LogP contribution is 2.57. The van der Waals surface area contributed by atoms with Crippen molar-refractivity contribution in [2.45, 2.75) is 38.5 Å². The van der Waals surface area contributed by atoms with Gasteiger partial charge in [0.1, 0.15) is 0 Å². The first-order valence-electron chi connectivity index (χ1n) is 5.86. The number of fused-ring (bicyclic) bond motifs is 2. The Hall–Kier alpha value is -0.680. The van der Waals surface area contributed by atoms with Crippen LogP contribution in [0, 0.1) is 23.2 Å². The van der Waals surface area contributed by atoms with E-state index in [2.05, 4.69) is 0 Å². The Morgan fingerprint density at radius 3 is 1.83 bits per heavy atom. The molecule has 2 aliphatic rings. The molecule has 2 aliphatic carbocycles. The van der Waals surface area contributed by atoms with Gasteiger partial charge in [-0.25, -0.2) is 0 Å². The molecule has 0 heterocycles. The van der Waals surface area contributed by atoms with E-state index in [1.54, 1.807) is 6.08 Å². The number of hydrogen-bond donors (Lipinski definition) is 0. The van der Waals surface area contributed by atoms with Gasteiger partial charge in [-0.3, -0.25) is 0 Å². The Labute approximate surface area is 101 Å². The van der Waals surface area contributed by atoms with Gasteiger partial charge in [0, 0.05) is 0 Å². The molecule has 2 bridgehead atoms. The van der Waals surface area contributed by atoms with Crippen LogP contribution in [0.4, 0.5) is 26.3 Å². The molecule has 104 valence electrons. The molecule has 0 saturated heterocycles. The molecule has 0 aromatic carbocycles. The van der Waals surface area contributed by atoms with Crippen molar-refractivity contribution < 1.29 is 26.3 Å². The molecule has 1 saturated carbocycles. The van der Waals surface area contributed by atoms with Crippen LogP contribution in [0.2, 0.25) is 0 Å². The van der Waals surface area contributed by atoms with E-state index in [1.807, 2.05) is 6.08 Å². The molecular weight excluding hydrogens is 258 g/mol. The summed E-state index contributed by atoms with van der Waals surface area (Å²) in [5, 5.41) is 0. The summed E-state index contributed by atoms with van der Waals surface area (Å²) in [6.45, 7) is 0.280. The largest absolute Gasteiger partial charge is 0.402 e. The number of allylic oxidation sites excluding steroid dienone is 2. The van der Waals surface area contributed by atoms with Crippen molar-refractivity contribution in [1.82, 2.24) is 0 Å². The second kappa shape index (κ2) is 3.90. The highest BCUT2D eigenvalue weighted by molar-refractivity contribution is 5.11. The van der Waals surface area contributed by atoms with Crippen LogP contribution in [-0.2, 0) is 0 Å². The Kier molecular flexibility index (Phi) is 2.98. The molecule has 0 spiro atoms. The fourth-order valence-electron chi connectivity index (χ4n) is 3.05. The molecule has 2 rings (SSSR count). The van der Waals surface area contributed by atoms with Crippen LogP contribution in [0.1, 0.15) is 26.2 Å². The van der Waals surface area contributed by atoms with E-state index in [-0.39, 0.29) is 18.8 Å². The molecule has 0 amide bonds. The Morgan fingerprint density at radius 2 is 1.50 bits per heavy atom. The average molecular weight is 272 g/mol. The predicted octanol–water partition coefficient (Wildman–Crippen LogP) is 4.72. The molecule has 18 heavy (non-hydrogen) atoms. The minimum absolute atomic E-state index is 0.112. The summed E-state index contributed by atoms with van der Waals surface area (Å²) < 4.78 is 76.5. The molecule has 0 aromatic rings. The molecule has 3 atom stereocenters. The molecular formula is C12H14F6. The summed E-state index contributed by atoms with van der Waals surface area (Å²) in [6.07, 6.45) is -6.54. The van der Waals surface area contributed by atoms with Crippen molar-refractivity contribution in [2.24, 2.45) is 23.2 Å². The van der Waals surface area contributed by atoms with Crippen molar-refractivity contribution in [3.63, 3.8) is 0 Å². The lowest BCUT2D eigenvalue weighted by Crippen LogP contribution is -2.49. The number of rotatable bonds is 2. The minimum Gasteiger partial charge on any atom is -0.170 e. The second-order valence-electron chi connectivity index (χ2n) is 5.57. The summed E-state index contributed by atoms with van der Waals surface area (Å²) in [5.41, 5.74) is -3.59. The van der Waals surface area contributed by atoms with E-state index in [1.165, 1.54) is 0 Å². The predicted molar refractivity (Wildman–Crippen MR) is 53.7 cm³/mol. The lowest BCUT2D eigenvalue weighted by Gasteiger charge is -2.37. The molecule has 0 nitrogen and oxygen atoms in total. The van der Waals surface area contributed by atoms with Crippen molar-refractivity contribution >= 4 is 0 Å². The molecule has 0 N–H and O–H groups in total. The number of halogens is 6. The van der Waals surface area contributed by atoms with Gasteiger partial charge >= 0.3 is 12.4 Å². The Bertz CT molecular complexity index is 337. The van der Waals surface area contributed by atoms with Crippen LogP contribution in [0.25, 0.3) is 0 Å². The molecule has 0 radical (unpaired) electrons. The van der Waals surface area contributed by atoms with E-state index in [0.29, 0.717) is 12.8 Å². The molecule has 0 aliphatic heterocycles. The van der Waals surface area contributed by atoms with E-state index in [4.69, 9.17) is 0 Å². The third kappa shape index (κ3) is 2.03. The maximum atomic E-state index is 12.8. The van der Waals surface area contributed by atoms with Crippen LogP contribution in [-0.4, -0.2) is 12.4 Å². The minimum atomic E-state index is -5.25. The van der Waals surface area contributed by atoms with Gasteiger partial charge in [0.2, 0.25) is 0 Å². The summed E-state index contributed by atoms with van der Waals surface area (Å²) in [5.74, 6) is -0.446. The maximum absolute atomic E-state index is 12.8. The van der Waals surface area contributed by atoms with Crippen LogP contribution >= 0.6 is 0 Å². The van der Waals surface area contributed by atoms with Crippen LogP contribution in [0.5, 0.6) is 0 Å². The fraction of sp³-hybridized carbons (Fsp3) is 0.833. The fourth-order valence-corrected chi connectivity index (χ4v) is 3.05. The first-order valence-corrected chi connectivity index (χ1v) is 5.86. The van der Waals surface area contributed by atoms with Crippen LogP contribution in [0.15, 0.2) is 12.2 Å². The second-order valence-corrected chi connectivity index (χ2v) is 5.57. The first-order chi connectivity index (χ1) is 8.04. The van der Waals surface area contributed by atoms with Gasteiger partial charge in [0.15, 0.2) is 5.41 Å². The summed E-state index contributed by atoms with van der Waals surface area (Å²) >= 11 is 0. The van der Waals surface area contributed by atoms with Gasteiger partial charge in [-0.1, -0.05) is 12.2 Å². The molecule has 3 unspecified atom stereocenters. The standard InChI is InChI=1S/C12H14F6/c1-10(11(13,14)15,12(16,17)18)6-9-5-7-2-3-8(9)4-7/h2-3,7-9H,4-6H2,1H3. The normalized spacial score (nSPS) is 32.3. The summed E-state index contributed by atoms with van der Waals surface area (Å²) in [7, 11) is 0. The Balaban J connectivity index is 2.19. The topological polar surface area (TPSA) is 0 Å². The van der Waals surface area contributed by atoms with E-state index in [0.717, 1.165) is 0 Å². The van der Waals surface area contributed by atoms with Crippen molar-refractivity contribution in [2.75, 3.05) is 0 Å². The van der Waals surface area contributed by atoms with Gasteiger partial charge in [0.05, 0.1) is 0 Å².